The molecule has 15 heavy (non-hydrogen) atoms. The third-order valence-corrected chi connectivity index (χ3v) is 2.49. The van der Waals surface area contributed by atoms with Crippen molar-refractivity contribution in [2.24, 2.45) is 5.92 Å². The number of rotatable bonds is 3. The second kappa shape index (κ2) is 4.72. The number of ether oxygens (including phenoxy) is 1. The minimum Gasteiger partial charge on any atom is -0.466 e. The van der Waals surface area contributed by atoms with Crippen LogP contribution in [0.15, 0.2) is 11.5 Å². The van der Waals surface area contributed by atoms with Gasteiger partial charge in [-0.05, 0) is 19.8 Å². The van der Waals surface area contributed by atoms with Gasteiger partial charge < -0.3 is 17.7 Å². The molecule has 0 aromatic rings. The molecule has 0 spiro atoms. The van der Waals surface area contributed by atoms with E-state index in [1.54, 1.807) is 6.92 Å². The van der Waals surface area contributed by atoms with E-state index in [0.29, 0.717) is 0 Å². The van der Waals surface area contributed by atoms with Crippen LogP contribution in [0.2, 0.25) is 0 Å². The van der Waals surface area contributed by atoms with E-state index in [-0.39, 0.29) is 31.8 Å². The average Bonchev–Trinajstić information content (AvgIpc) is 2.17. The van der Waals surface area contributed by atoms with Crippen LogP contribution in [0.3, 0.4) is 0 Å². The number of halogens is 3. The van der Waals surface area contributed by atoms with Gasteiger partial charge in [-0.1, -0.05) is 6.42 Å². The fourth-order valence-corrected chi connectivity index (χ4v) is 1.63. The third kappa shape index (κ3) is 3.29. The van der Waals surface area contributed by atoms with Gasteiger partial charge in [-0.2, -0.15) is 0 Å². The Morgan fingerprint density at radius 2 is 2.27 bits per heavy atom. The van der Waals surface area contributed by atoms with Crippen molar-refractivity contribution in [1.29, 1.82) is 0 Å². The molecule has 86 valence electrons. The van der Waals surface area contributed by atoms with Gasteiger partial charge in [-0.3, -0.25) is 4.79 Å². The van der Waals surface area contributed by atoms with Crippen molar-refractivity contribution in [3.05, 3.63) is 11.5 Å². The molecule has 0 aromatic heterocycles. The smallest absolute Gasteiger partial charge is 0.466 e. The summed E-state index contributed by atoms with van der Waals surface area (Å²) in [5, 5.41) is 0. The van der Waals surface area contributed by atoms with Gasteiger partial charge in [-0.15, -0.1) is 11.5 Å². The van der Waals surface area contributed by atoms with Crippen LogP contribution in [0, 0.1) is 5.92 Å². The Kier molecular flexibility index (Phi) is 3.82. The summed E-state index contributed by atoms with van der Waals surface area (Å²) in [6, 6.07) is 0. The van der Waals surface area contributed by atoms with Gasteiger partial charge in [0.2, 0.25) is 0 Å². The summed E-state index contributed by atoms with van der Waals surface area (Å²) in [4.78, 5) is 11.2. The van der Waals surface area contributed by atoms with Crippen molar-refractivity contribution in [3.8, 4) is 0 Å². The van der Waals surface area contributed by atoms with E-state index in [9.17, 15) is 17.7 Å². The first kappa shape index (κ1) is 12.1. The van der Waals surface area contributed by atoms with Gasteiger partial charge in [0.1, 0.15) is 0 Å². The molecule has 6 heteroatoms. The number of hydrogen-bond donors (Lipinski definition) is 0. The predicted molar refractivity (Wildman–Crippen MR) is 51.1 cm³/mol. The van der Waals surface area contributed by atoms with Crippen molar-refractivity contribution in [2.45, 2.75) is 26.2 Å². The molecule has 1 unspecified atom stereocenters. The highest BCUT2D eigenvalue weighted by molar-refractivity contribution is 6.66. The zero-order valence-electron chi connectivity index (χ0n) is 8.51. The Balaban J connectivity index is 2.54. The van der Waals surface area contributed by atoms with Crippen LogP contribution in [0.4, 0.5) is 12.9 Å². The minimum absolute atomic E-state index is 0.0625. The molecule has 1 atom stereocenters. The number of hydrogen-bond acceptors (Lipinski definition) is 2. The number of allylic oxidation sites excluding steroid dienone is 2. The van der Waals surface area contributed by atoms with Crippen LogP contribution in [0.25, 0.3) is 0 Å². The van der Waals surface area contributed by atoms with Crippen molar-refractivity contribution in [3.63, 3.8) is 0 Å². The Morgan fingerprint density at radius 1 is 1.60 bits per heavy atom. The number of carbonyl (C=O) groups is 1. The summed E-state index contributed by atoms with van der Waals surface area (Å²) in [5.41, 5.74) is -0.462. The topological polar surface area (TPSA) is 26.3 Å². The quantitative estimate of drug-likeness (QED) is 0.540. The highest BCUT2D eigenvalue weighted by atomic mass is 19.4. The molecule has 0 bridgehead atoms. The predicted octanol–water partition coefficient (Wildman–Crippen LogP) is 2.66. The molecule has 0 aliphatic heterocycles. The Labute approximate surface area is 86.5 Å². The summed E-state index contributed by atoms with van der Waals surface area (Å²) in [5.74, 6) is -0.783. The zero-order chi connectivity index (χ0) is 11.5. The molecule has 0 aromatic carbocycles. The van der Waals surface area contributed by atoms with Gasteiger partial charge in [0.15, 0.2) is 0 Å². The zero-order valence-corrected chi connectivity index (χ0v) is 8.51. The summed E-state index contributed by atoms with van der Waals surface area (Å²) in [7, 11) is 0. The van der Waals surface area contributed by atoms with E-state index in [2.05, 4.69) is 0 Å². The lowest BCUT2D eigenvalue weighted by atomic mass is 9.71. The highest BCUT2D eigenvalue weighted by Crippen LogP contribution is 2.32. The van der Waals surface area contributed by atoms with Crippen LogP contribution in [0.1, 0.15) is 26.2 Å². The monoisotopic (exact) mass is 221 g/mol. The van der Waals surface area contributed by atoms with Crippen molar-refractivity contribution >= 4 is 12.9 Å². The summed E-state index contributed by atoms with van der Waals surface area (Å²) in [6.45, 7) is -2.92. The second-order valence-corrected chi connectivity index (χ2v) is 3.58. The largest absolute Gasteiger partial charge is 0.505 e. The Hall–Kier alpha value is -0.935. The molecule has 0 fully saturated rings. The fraction of sp³-hybridized carbons (Fsp3) is 0.667. The molecular weight excluding hydrogens is 208 g/mol. The second-order valence-electron chi connectivity index (χ2n) is 3.58. The fourth-order valence-electron chi connectivity index (χ4n) is 1.63. The first-order chi connectivity index (χ1) is 6.95. The maximum absolute atomic E-state index is 12.3. The van der Waals surface area contributed by atoms with E-state index in [1.165, 1.54) is 0 Å². The maximum Gasteiger partial charge on any atom is 0.505 e. The van der Waals surface area contributed by atoms with E-state index in [4.69, 9.17) is 4.74 Å². The highest BCUT2D eigenvalue weighted by Gasteiger charge is 2.32. The SMILES string of the molecule is CCOC(=O)C1CC=C([B-](F)(F)F)CC1. The van der Waals surface area contributed by atoms with Gasteiger partial charge in [-0.25, -0.2) is 0 Å². The van der Waals surface area contributed by atoms with Crippen molar-refractivity contribution < 1.29 is 22.5 Å². The van der Waals surface area contributed by atoms with E-state index in [1.807, 2.05) is 0 Å². The van der Waals surface area contributed by atoms with Crippen molar-refractivity contribution in [2.75, 3.05) is 6.61 Å². The van der Waals surface area contributed by atoms with Crippen LogP contribution >= 0.6 is 0 Å². The molecule has 2 nitrogen and oxygen atoms in total. The number of esters is 1. The first-order valence-corrected chi connectivity index (χ1v) is 5.00. The molecule has 0 radical (unpaired) electrons. The molecule has 0 saturated heterocycles. The molecular formula is C9H13BF3O2-. The maximum atomic E-state index is 12.3. The lowest BCUT2D eigenvalue weighted by molar-refractivity contribution is -0.148. The molecule has 0 N–H and O–H groups in total. The molecule has 1 aliphatic carbocycles. The van der Waals surface area contributed by atoms with Crippen LogP contribution < -0.4 is 0 Å². The van der Waals surface area contributed by atoms with E-state index < -0.39 is 18.4 Å². The molecule has 0 saturated carbocycles. The van der Waals surface area contributed by atoms with Crippen LogP contribution in [-0.2, 0) is 9.53 Å². The Bertz CT molecular complexity index is 273. The first-order valence-electron chi connectivity index (χ1n) is 5.00. The summed E-state index contributed by atoms with van der Waals surface area (Å²) in [6.07, 6.45) is 1.46. The minimum atomic E-state index is -4.87. The summed E-state index contributed by atoms with van der Waals surface area (Å²) >= 11 is 0. The van der Waals surface area contributed by atoms with Gasteiger partial charge in [0, 0.05) is 0 Å². The third-order valence-electron chi connectivity index (χ3n) is 2.49. The molecule has 1 aliphatic rings. The standard InChI is InChI=1S/C9H13BF3O2/c1-2-15-9(14)7-3-5-8(6-4-7)10(11,12)13/h5,7H,2-4,6H2,1H3/q-1. The normalized spacial score (nSPS) is 22.1. The average molecular weight is 221 g/mol. The molecule has 0 amide bonds. The molecule has 1 rings (SSSR count). The molecule has 0 heterocycles. The van der Waals surface area contributed by atoms with Gasteiger partial charge in [0.25, 0.3) is 0 Å². The summed E-state index contributed by atoms with van der Waals surface area (Å²) < 4.78 is 41.6. The lowest BCUT2D eigenvalue weighted by Crippen LogP contribution is -2.26. The van der Waals surface area contributed by atoms with Crippen molar-refractivity contribution in [1.82, 2.24) is 0 Å². The van der Waals surface area contributed by atoms with Crippen LogP contribution in [-0.4, -0.2) is 19.6 Å². The van der Waals surface area contributed by atoms with E-state index in [0.717, 1.165) is 6.08 Å². The Morgan fingerprint density at radius 3 is 2.67 bits per heavy atom. The van der Waals surface area contributed by atoms with Gasteiger partial charge >= 0.3 is 12.9 Å². The number of carbonyl (C=O) groups excluding carboxylic acids is 1. The van der Waals surface area contributed by atoms with E-state index >= 15 is 0 Å². The lowest BCUT2D eigenvalue weighted by Gasteiger charge is -2.26. The van der Waals surface area contributed by atoms with Gasteiger partial charge in [0.05, 0.1) is 12.5 Å². The van der Waals surface area contributed by atoms with Crippen LogP contribution in [0.5, 0.6) is 0 Å².